The van der Waals surface area contributed by atoms with E-state index in [0.29, 0.717) is 6.61 Å². The van der Waals surface area contributed by atoms with Gasteiger partial charge in [-0.2, -0.15) is 10.1 Å². The fourth-order valence-electron chi connectivity index (χ4n) is 2.56. The van der Waals surface area contributed by atoms with Crippen molar-refractivity contribution in [2.75, 3.05) is 6.61 Å². The minimum absolute atomic E-state index is 0.155. The minimum Gasteiger partial charge on any atom is -0.494 e. The van der Waals surface area contributed by atoms with Gasteiger partial charge in [0.15, 0.2) is 5.66 Å². The largest absolute Gasteiger partial charge is 0.494 e. The fourth-order valence-corrected chi connectivity index (χ4v) is 2.56. The molecule has 2 rings (SSSR count). The number of nitrogens with two attached hydrogens (primary N) is 2. The Labute approximate surface area is 149 Å². The van der Waals surface area contributed by atoms with Crippen LogP contribution >= 0.6 is 0 Å². The third kappa shape index (κ3) is 5.63. The van der Waals surface area contributed by atoms with Gasteiger partial charge < -0.3 is 16.2 Å². The zero-order valence-electron chi connectivity index (χ0n) is 15.4. The number of nitrogens with zero attached hydrogens (tertiary/aromatic N) is 3. The molecule has 0 saturated heterocycles. The zero-order chi connectivity index (χ0) is 18.3. The van der Waals surface area contributed by atoms with Gasteiger partial charge in [0.25, 0.3) is 0 Å². The molecule has 1 aromatic rings. The van der Waals surface area contributed by atoms with Crippen LogP contribution in [0.15, 0.2) is 34.3 Å². The number of hydroxylamine groups is 2. The third-order valence-corrected chi connectivity index (χ3v) is 3.87. The Morgan fingerprint density at radius 3 is 2.44 bits per heavy atom. The Hall–Kier alpha value is -2.28. The average Bonchev–Trinajstić information content (AvgIpc) is 2.54. The highest BCUT2D eigenvalue weighted by Crippen LogP contribution is 2.21. The standard InChI is InChI=1S/C18H29N5O2/c1-4-5-6-7-12-24-15-10-8-14(9-11-15)13-25-23-17(20)21-16(19)22-18(23,2)3/h8-11H,4-7,12-13H2,1-3H3,(H4,19,20,21,22). The summed E-state index contributed by atoms with van der Waals surface area (Å²) < 4.78 is 5.74. The summed E-state index contributed by atoms with van der Waals surface area (Å²) in [7, 11) is 0. The summed E-state index contributed by atoms with van der Waals surface area (Å²) in [6.45, 7) is 7.03. The van der Waals surface area contributed by atoms with Gasteiger partial charge in [-0.05, 0) is 38.0 Å². The van der Waals surface area contributed by atoms with Crippen molar-refractivity contribution in [2.45, 2.75) is 58.7 Å². The van der Waals surface area contributed by atoms with Gasteiger partial charge in [0, 0.05) is 0 Å². The molecule has 1 heterocycles. The molecule has 0 saturated carbocycles. The third-order valence-electron chi connectivity index (χ3n) is 3.87. The van der Waals surface area contributed by atoms with Gasteiger partial charge in [-0.25, -0.2) is 4.99 Å². The van der Waals surface area contributed by atoms with E-state index in [0.717, 1.165) is 24.3 Å². The van der Waals surface area contributed by atoms with Crippen molar-refractivity contribution in [3.05, 3.63) is 29.8 Å². The molecular weight excluding hydrogens is 318 g/mol. The maximum Gasteiger partial charge on any atom is 0.226 e. The molecule has 7 heteroatoms. The van der Waals surface area contributed by atoms with Crippen LogP contribution in [0.5, 0.6) is 5.75 Å². The summed E-state index contributed by atoms with van der Waals surface area (Å²) in [4.78, 5) is 14.0. The minimum atomic E-state index is -0.697. The molecule has 0 atom stereocenters. The fraction of sp³-hybridized carbons (Fsp3) is 0.556. The number of guanidine groups is 2. The Kier molecular flexibility index (Phi) is 6.64. The van der Waals surface area contributed by atoms with Crippen LogP contribution in [0.1, 0.15) is 52.0 Å². The number of hydrogen-bond acceptors (Lipinski definition) is 7. The van der Waals surface area contributed by atoms with Crippen LogP contribution in [0.25, 0.3) is 0 Å². The quantitative estimate of drug-likeness (QED) is 0.669. The van der Waals surface area contributed by atoms with Crippen molar-refractivity contribution >= 4 is 11.9 Å². The number of unbranched alkanes of at least 4 members (excludes halogenated alkanes) is 3. The first kappa shape index (κ1) is 19.1. The topological polar surface area (TPSA) is 98.5 Å². The molecule has 0 radical (unpaired) electrons. The second-order valence-electron chi connectivity index (χ2n) is 6.56. The van der Waals surface area contributed by atoms with Crippen LogP contribution in [0.4, 0.5) is 0 Å². The maximum absolute atomic E-state index is 5.89. The zero-order valence-corrected chi connectivity index (χ0v) is 15.4. The van der Waals surface area contributed by atoms with Gasteiger partial charge in [0.1, 0.15) is 12.4 Å². The lowest BCUT2D eigenvalue weighted by Gasteiger charge is -2.36. The van der Waals surface area contributed by atoms with Gasteiger partial charge in [-0.15, -0.1) is 0 Å². The normalized spacial score (nSPS) is 16.4. The highest BCUT2D eigenvalue weighted by molar-refractivity contribution is 5.95. The van der Waals surface area contributed by atoms with E-state index in [2.05, 4.69) is 16.9 Å². The van der Waals surface area contributed by atoms with Gasteiger partial charge in [0.05, 0.1) is 6.61 Å². The molecule has 0 bridgehead atoms. The van der Waals surface area contributed by atoms with Crippen molar-refractivity contribution in [1.29, 1.82) is 0 Å². The summed E-state index contributed by atoms with van der Waals surface area (Å²) in [5, 5.41) is 1.47. The first-order chi connectivity index (χ1) is 11.9. The number of ether oxygens (including phenoxy) is 1. The van der Waals surface area contributed by atoms with Crippen molar-refractivity contribution in [1.82, 2.24) is 5.06 Å². The molecule has 0 fully saturated rings. The van der Waals surface area contributed by atoms with E-state index in [1.165, 1.54) is 24.3 Å². The average molecular weight is 347 g/mol. The summed E-state index contributed by atoms with van der Waals surface area (Å²) in [5.74, 6) is 1.23. The maximum atomic E-state index is 5.89. The number of rotatable bonds is 9. The van der Waals surface area contributed by atoms with Crippen LogP contribution in [0, 0.1) is 0 Å². The monoisotopic (exact) mass is 347 g/mol. The van der Waals surface area contributed by atoms with Crippen molar-refractivity contribution in [2.24, 2.45) is 21.5 Å². The molecule has 138 valence electrons. The van der Waals surface area contributed by atoms with E-state index in [4.69, 9.17) is 21.0 Å². The molecular formula is C18H29N5O2. The van der Waals surface area contributed by atoms with Gasteiger partial charge in [-0.3, -0.25) is 4.84 Å². The van der Waals surface area contributed by atoms with Crippen LogP contribution in [0.3, 0.4) is 0 Å². The molecule has 1 aliphatic heterocycles. The molecule has 0 amide bonds. The second-order valence-corrected chi connectivity index (χ2v) is 6.56. The highest BCUT2D eigenvalue weighted by atomic mass is 16.7. The van der Waals surface area contributed by atoms with Crippen molar-refractivity contribution < 1.29 is 9.57 Å². The molecule has 1 aromatic carbocycles. The van der Waals surface area contributed by atoms with E-state index in [1.54, 1.807) is 0 Å². The van der Waals surface area contributed by atoms with E-state index in [1.807, 2.05) is 38.1 Å². The van der Waals surface area contributed by atoms with Crippen molar-refractivity contribution in [3.8, 4) is 5.75 Å². The lowest BCUT2D eigenvalue weighted by Crippen LogP contribution is -2.53. The first-order valence-corrected chi connectivity index (χ1v) is 8.77. The van der Waals surface area contributed by atoms with Crippen LogP contribution < -0.4 is 16.2 Å². The lowest BCUT2D eigenvalue weighted by atomic mass is 10.2. The summed E-state index contributed by atoms with van der Waals surface area (Å²) in [5.41, 5.74) is 11.8. The van der Waals surface area contributed by atoms with Gasteiger partial charge >= 0.3 is 0 Å². The number of aliphatic imine (C=N–C) groups is 2. The molecule has 0 aromatic heterocycles. The van der Waals surface area contributed by atoms with Gasteiger partial charge in [0.2, 0.25) is 11.9 Å². The Morgan fingerprint density at radius 2 is 1.80 bits per heavy atom. The van der Waals surface area contributed by atoms with Gasteiger partial charge in [-0.1, -0.05) is 38.3 Å². The SMILES string of the molecule is CCCCCCOc1ccc(CON2C(N)=NC(N)=NC2(C)C)cc1. The molecule has 4 N–H and O–H groups in total. The summed E-state index contributed by atoms with van der Waals surface area (Å²) in [6, 6.07) is 7.85. The molecule has 7 nitrogen and oxygen atoms in total. The molecule has 25 heavy (non-hydrogen) atoms. The van der Waals surface area contributed by atoms with E-state index >= 15 is 0 Å². The smallest absolute Gasteiger partial charge is 0.226 e. The number of benzene rings is 1. The number of hydrogen-bond donors (Lipinski definition) is 2. The lowest BCUT2D eigenvalue weighted by molar-refractivity contribution is -0.166. The first-order valence-electron chi connectivity index (χ1n) is 8.77. The summed E-state index contributed by atoms with van der Waals surface area (Å²) >= 11 is 0. The Balaban J connectivity index is 1.82. The van der Waals surface area contributed by atoms with E-state index < -0.39 is 5.66 Å². The summed E-state index contributed by atoms with van der Waals surface area (Å²) in [6.07, 6.45) is 4.79. The Bertz CT molecular complexity index is 610. The highest BCUT2D eigenvalue weighted by Gasteiger charge is 2.33. The van der Waals surface area contributed by atoms with Crippen LogP contribution in [-0.4, -0.2) is 29.3 Å². The predicted octanol–water partition coefficient (Wildman–Crippen LogP) is 2.76. The second kappa shape index (κ2) is 8.71. The molecule has 0 aliphatic carbocycles. The molecule has 0 unspecified atom stereocenters. The van der Waals surface area contributed by atoms with Crippen LogP contribution in [0.2, 0.25) is 0 Å². The molecule has 1 aliphatic rings. The molecule has 0 spiro atoms. The van der Waals surface area contributed by atoms with Crippen molar-refractivity contribution in [3.63, 3.8) is 0 Å². The predicted molar refractivity (Wildman–Crippen MR) is 100 cm³/mol. The van der Waals surface area contributed by atoms with E-state index in [-0.39, 0.29) is 11.9 Å². The van der Waals surface area contributed by atoms with E-state index in [9.17, 15) is 0 Å². The van der Waals surface area contributed by atoms with Crippen LogP contribution in [-0.2, 0) is 11.4 Å². The Morgan fingerprint density at radius 1 is 1.08 bits per heavy atom.